The molecule has 3 nitrogen and oxygen atoms in total. The molecule has 1 atom stereocenters. The molecular formula is C14H23F3N2OS. The van der Waals surface area contributed by atoms with Crippen LogP contribution in [0.1, 0.15) is 35.3 Å². The SMILES string of the molecule is CCCNC(CCOCC(F)(F)F)Cc1nc(C)c(C)s1. The van der Waals surface area contributed by atoms with E-state index < -0.39 is 12.8 Å². The molecule has 122 valence electrons. The van der Waals surface area contributed by atoms with Crippen LogP contribution in [-0.4, -0.2) is 37.0 Å². The van der Waals surface area contributed by atoms with Crippen molar-refractivity contribution in [3.63, 3.8) is 0 Å². The molecule has 1 rings (SSSR count). The van der Waals surface area contributed by atoms with Crippen molar-refractivity contribution in [2.75, 3.05) is 19.8 Å². The first-order chi connectivity index (χ1) is 9.81. The van der Waals surface area contributed by atoms with Gasteiger partial charge in [-0.1, -0.05) is 6.92 Å². The van der Waals surface area contributed by atoms with Gasteiger partial charge in [0.15, 0.2) is 0 Å². The normalized spacial score (nSPS) is 13.6. The molecule has 0 radical (unpaired) electrons. The number of alkyl halides is 3. The van der Waals surface area contributed by atoms with E-state index >= 15 is 0 Å². The lowest BCUT2D eigenvalue weighted by molar-refractivity contribution is -0.174. The largest absolute Gasteiger partial charge is 0.411 e. The molecule has 0 aliphatic rings. The summed E-state index contributed by atoms with van der Waals surface area (Å²) in [5.74, 6) is 0. The maximum Gasteiger partial charge on any atom is 0.411 e. The molecule has 0 fully saturated rings. The van der Waals surface area contributed by atoms with Gasteiger partial charge >= 0.3 is 6.18 Å². The molecule has 7 heteroatoms. The monoisotopic (exact) mass is 324 g/mol. The topological polar surface area (TPSA) is 34.1 Å². The molecule has 21 heavy (non-hydrogen) atoms. The Balaban J connectivity index is 2.43. The van der Waals surface area contributed by atoms with E-state index in [1.165, 1.54) is 4.88 Å². The van der Waals surface area contributed by atoms with Gasteiger partial charge in [0.05, 0.1) is 10.7 Å². The van der Waals surface area contributed by atoms with Crippen LogP contribution in [0.2, 0.25) is 0 Å². The molecular weight excluding hydrogens is 301 g/mol. The lowest BCUT2D eigenvalue weighted by Crippen LogP contribution is -2.33. The fraction of sp³-hybridized carbons (Fsp3) is 0.786. The lowest BCUT2D eigenvalue weighted by Gasteiger charge is -2.17. The van der Waals surface area contributed by atoms with Crippen LogP contribution in [0.4, 0.5) is 13.2 Å². The Morgan fingerprint density at radius 1 is 1.33 bits per heavy atom. The first-order valence-corrected chi connectivity index (χ1v) is 7.94. The second kappa shape index (κ2) is 8.70. The van der Waals surface area contributed by atoms with Crippen molar-refractivity contribution in [2.24, 2.45) is 0 Å². The Labute approximate surface area is 127 Å². The molecule has 1 aromatic rings. The number of hydrogen-bond donors (Lipinski definition) is 1. The van der Waals surface area contributed by atoms with Crippen LogP contribution in [0.15, 0.2) is 0 Å². The van der Waals surface area contributed by atoms with Crippen LogP contribution in [0.5, 0.6) is 0 Å². The van der Waals surface area contributed by atoms with Crippen molar-refractivity contribution in [2.45, 2.75) is 52.3 Å². The second-order valence-corrected chi connectivity index (χ2v) is 6.35. The van der Waals surface area contributed by atoms with E-state index in [0.717, 1.165) is 30.1 Å². The van der Waals surface area contributed by atoms with Crippen LogP contribution in [0, 0.1) is 13.8 Å². The predicted molar refractivity (Wildman–Crippen MR) is 78.9 cm³/mol. The van der Waals surface area contributed by atoms with Gasteiger partial charge in [0.2, 0.25) is 0 Å². The zero-order valence-electron chi connectivity index (χ0n) is 12.7. The molecule has 0 aliphatic carbocycles. The van der Waals surface area contributed by atoms with Crippen LogP contribution in [-0.2, 0) is 11.2 Å². The maximum atomic E-state index is 12.0. The molecule has 0 amide bonds. The number of rotatable bonds is 9. The van der Waals surface area contributed by atoms with Crippen LogP contribution in [0.3, 0.4) is 0 Å². The number of thiazole rings is 1. The van der Waals surface area contributed by atoms with Crippen molar-refractivity contribution in [1.82, 2.24) is 10.3 Å². The third-order valence-electron chi connectivity index (χ3n) is 3.05. The molecule has 1 aromatic heterocycles. The van der Waals surface area contributed by atoms with Crippen molar-refractivity contribution in [1.29, 1.82) is 0 Å². The molecule has 0 saturated heterocycles. The highest BCUT2D eigenvalue weighted by Gasteiger charge is 2.27. The van der Waals surface area contributed by atoms with Crippen molar-refractivity contribution in [3.8, 4) is 0 Å². The van der Waals surface area contributed by atoms with Crippen LogP contribution in [0.25, 0.3) is 0 Å². The maximum absolute atomic E-state index is 12.0. The molecule has 0 saturated carbocycles. The first kappa shape index (κ1) is 18.4. The Morgan fingerprint density at radius 2 is 2.05 bits per heavy atom. The minimum Gasteiger partial charge on any atom is -0.372 e. The Kier molecular flexibility index (Phi) is 7.62. The minimum atomic E-state index is -4.25. The lowest BCUT2D eigenvalue weighted by atomic mass is 10.1. The van der Waals surface area contributed by atoms with Crippen molar-refractivity contribution < 1.29 is 17.9 Å². The van der Waals surface area contributed by atoms with Gasteiger partial charge < -0.3 is 10.1 Å². The highest BCUT2D eigenvalue weighted by Crippen LogP contribution is 2.19. The highest BCUT2D eigenvalue weighted by atomic mass is 32.1. The predicted octanol–water partition coefficient (Wildman–Crippen LogP) is 3.64. The van der Waals surface area contributed by atoms with E-state index in [4.69, 9.17) is 4.74 Å². The smallest absolute Gasteiger partial charge is 0.372 e. The standard InChI is InChI=1S/C14H23F3N2OS/c1-4-6-18-12(5-7-20-9-14(15,16)17)8-13-19-10(2)11(3)21-13/h12,18H,4-9H2,1-3H3. The molecule has 0 aliphatic heterocycles. The molecule has 1 N–H and O–H groups in total. The number of halogens is 3. The van der Waals surface area contributed by atoms with E-state index in [1.54, 1.807) is 11.3 Å². The third kappa shape index (κ3) is 7.78. The summed E-state index contributed by atoms with van der Waals surface area (Å²) in [6.45, 7) is 5.82. The number of ether oxygens (including phenoxy) is 1. The number of aryl methyl sites for hydroxylation is 2. The fourth-order valence-corrected chi connectivity index (χ4v) is 2.89. The average molecular weight is 324 g/mol. The van der Waals surface area contributed by atoms with Gasteiger partial charge in [-0.05, 0) is 33.2 Å². The summed E-state index contributed by atoms with van der Waals surface area (Å²) in [5, 5.41) is 4.37. The van der Waals surface area contributed by atoms with Crippen molar-refractivity contribution >= 4 is 11.3 Å². The number of nitrogens with zero attached hydrogens (tertiary/aromatic N) is 1. The van der Waals surface area contributed by atoms with Crippen molar-refractivity contribution in [3.05, 3.63) is 15.6 Å². The van der Waals surface area contributed by atoms with E-state index in [-0.39, 0.29) is 12.6 Å². The number of aromatic nitrogens is 1. The summed E-state index contributed by atoms with van der Waals surface area (Å²) in [6, 6.07) is 0.100. The summed E-state index contributed by atoms with van der Waals surface area (Å²) in [4.78, 5) is 5.67. The van der Waals surface area contributed by atoms with E-state index in [1.807, 2.05) is 13.8 Å². The van der Waals surface area contributed by atoms with Gasteiger partial charge in [0.1, 0.15) is 6.61 Å². The second-order valence-electron chi connectivity index (χ2n) is 5.06. The van der Waals surface area contributed by atoms with Crippen LogP contribution < -0.4 is 5.32 Å². The highest BCUT2D eigenvalue weighted by molar-refractivity contribution is 7.11. The summed E-state index contributed by atoms with van der Waals surface area (Å²) in [5.41, 5.74) is 1.03. The summed E-state index contributed by atoms with van der Waals surface area (Å²) in [7, 11) is 0. The van der Waals surface area contributed by atoms with E-state index in [0.29, 0.717) is 6.42 Å². The van der Waals surface area contributed by atoms with Gasteiger partial charge in [-0.2, -0.15) is 13.2 Å². The average Bonchev–Trinajstić information content (AvgIpc) is 2.69. The molecule has 0 bridgehead atoms. The van der Waals surface area contributed by atoms with E-state index in [9.17, 15) is 13.2 Å². The zero-order chi connectivity index (χ0) is 15.9. The Morgan fingerprint density at radius 3 is 2.57 bits per heavy atom. The van der Waals surface area contributed by atoms with Gasteiger partial charge in [-0.15, -0.1) is 11.3 Å². The summed E-state index contributed by atoms with van der Waals surface area (Å²) < 4.78 is 40.8. The summed E-state index contributed by atoms with van der Waals surface area (Å²) >= 11 is 1.65. The Hall–Kier alpha value is -0.660. The molecule has 0 spiro atoms. The fourth-order valence-electron chi connectivity index (χ4n) is 1.88. The first-order valence-electron chi connectivity index (χ1n) is 7.12. The number of hydrogen-bond acceptors (Lipinski definition) is 4. The third-order valence-corrected chi connectivity index (χ3v) is 4.15. The van der Waals surface area contributed by atoms with Gasteiger partial charge in [0.25, 0.3) is 0 Å². The summed E-state index contributed by atoms with van der Waals surface area (Å²) in [6.07, 6.45) is -1.99. The van der Waals surface area contributed by atoms with Gasteiger partial charge in [0, 0.05) is 23.9 Å². The van der Waals surface area contributed by atoms with Crippen LogP contribution >= 0.6 is 11.3 Å². The quantitative estimate of drug-likeness (QED) is 0.704. The van der Waals surface area contributed by atoms with E-state index in [2.05, 4.69) is 17.2 Å². The Bertz CT molecular complexity index is 401. The number of nitrogens with one attached hydrogen (secondary N) is 1. The minimum absolute atomic E-state index is 0.100. The molecule has 0 aromatic carbocycles. The molecule has 1 heterocycles. The van der Waals surface area contributed by atoms with Gasteiger partial charge in [-0.25, -0.2) is 4.98 Å². The van der Waals surface area contributed by atoms with Gasteiger partial charge in [-0.3, -0.25) is 0 Å². The molecule has 1 unspecified atom stereocenters. The zero-order valence-corrected chi connectivity index (χ0v) is 13.5.